The Morgan fingerprint density at radius 1 is 1.04 bits per heavy atom. The van der Waals surface area contributed by atoms with E-state index in [2.05, 4.69) is 39.8 Å². The van der Waals surface area contributed by atoms with Crippen LogP contribution in [0.15, 0.2) is 48.5 Å². The van der Waals surface area contributed by atoms with Crippen LogP contribution >= 0.6 is 0 Å². The van der Waals surface area contributed by atoms with Gasteiger partial charge in [-0.05, 0) is 56.3 Å². The molecule has 0 radical (unpaired) electrons. The summed E-state index contributed by atoms with van der Waals surface area (Å²) in [7, 11) is 1.62. The zero-order chi connectivity index (χ0) is 17.9. The van der Waals surface area contributed by atoms with E-state index in [-0.39, 0.29) is 0 Å². The molecule has 0 bridgehead atoms. The van der Waals surface area contributed by atoms with Gasteiger partial charge in [-0.1, -0.05) is 18.2 Å². The van der Waals surface area contributed by atoms with Gasteiger partial charge in [-0.2, -0.15) is 0 Å². The van der Waals surface area contributed by atoms with Gasteiger partial charge in [-0.3, -0.25) is 4.79 Å². The largest absolute Gasteiger partial charge is 0.497 e. The molecule has 0 spiro atoms. The fraction of sp³-hybridized carbons (Fsp3) is 0.318. The molecule has 4 nitrogen and oxygen atoms in total. The smallest absolute Gasteiger partial charge is 0.150 e. The maximum Gasteiger partial charge on any atom is 0.150 e. The van der Waals surface area contributed by atoms with Gasteiger partial charge in [-0.25, -0.2) is 0 Å². The van der Waals surface area contributed by atoms with Gasteiger partial charge in [0.25, 0.3) is 0 Å². The summed E-state index contributed by atoms with van der Waals surface area (Å²) in [5.74, 6) is 0.704. The SMILES string of the molecule is COc1ccc(-c2cc3ccccc3n2CCN2CCCC2)c(C=O)c1. The number of carbonyl (C=O) groups excluding carboxylic acids is 1. The fourth-order valence-corrected chi connectivity index (χ4v) is 3.92. The summed E-state index contributed by atoms with van der Waals surface area (Å²) in [6, 6.07) is 16.3. The van der Waals surface area contributed by atoms with E-state index < -0.39 is 0 Å². The quantitative estimate of drug-likeness (QED) is 0.625. The van der Waals surface area contributed by atoms with Crippen molar-refractivity contribution >= 4 is 17.2 Å². The van der Waals surface area contributed by atoms with Gasteiger partial charge in [0.15, 0.2) is 6.29 Å². The minimum Gasteiger partial charge on any atom is -0.497 e. The number of aromatic nitrogens is 1. The number of hydrogen-bond donors (Lipinski definition) is 0. The van der Waals surface area contributed by atoms with Crippen LogP contribution in [0.4, 0.5) is 0 Å². The van der Waals surface area contributed by atoms with Gasteiger partial charge < -0.3 is 14.2 Å². The number of likely N-dealkylation sites (tertiary alicyclic amines) is 1. The molecule has 0 saturated carbocycles. The number of carbonyl (C=O) groups is 1. The van der Waals surface area contributed by atoms with Crippen molar-refractivity contribution in [2.45, 2.75) is 19.4 Å². The van der Waals surface area contributed by atoms with E-state index in [1.54, 1.807) is 7.11 Å². The second-order valence-electron chi connectivity index (χ2n) is 6.86. The van der Waals surface area contributed by atoms with Gasteiger partial charge in [0.05, 0.1) is 7.11 Å². The summed E-state index contributed by atoms with van der Waals surface area (Å²) in [5, 5.41) is 1.21. The lowest BCUT2D eigenvalue weighted by Gasteiger charge is -2.18. The van der Waals surface area contributed by atoms with Gasteiger partial charge in [0.2, 0.25) is 0 Å². The number of rotatable bonds is 6. The second-order valence-corrected chi connectivity index (χ2v) is 6.86. The zero-order valence-electron chi connectivity index (χ0n) is 15.1. The van der Waals surface area contributed by atoms with E-state index >= 15 is 0 Å². The molecule has 0 unspecified atom stereocenters. The summed E-state index contributed by atoms with van der Waals surface area (Å²) >= 11 is 0. The summed E-state index contributed by atoms with van der Waals surface area (Å²) < 4.78 is 7.63. The van der Waals surface area contributed by atoms with Crippen LogP contribution < -0.4 is 4.74 Å². The molecule has 0 amide bonds. The zero-order valence-corrected chi connectivity index (χ0v) is 15.1. The van der Waals surface area contributed by atoms with Crippen molar-refractivity contribution in [2.24, 2.45) is 0 Å². The van der Waals surface area contributed by atoms with E-state index in [1.807, 2.05) is 18.2 Å². The number of ether oxygens (including phenoxy) is 1. The van der Waals surface area contributed by atoms with Crippen molar-refractivity contribution in [3.63, 3.8) is 0 Å². The lowest BCUT2D eigenvalue weighted by Crippen LogP contribution is -2.24. The Morgan fingerprint density at radius 3 is 2.62 bits per heavy atom. The Labute approximate surface area is 154 Å². The number of aldehydes is 1. The van der Waals surface area contributed by atoms with Crippen LogP contribution in [0.1, 0.15) is 23.2 Å². The van der Waals surface area contributed by atoms with Gasteiger partial charge in [0, 0.05) is 40.8 Å². The fourth-order valence-electron chi connectivity index (χ4n) is 3.92. The number of benzene rings is 2. The predicted octanol–water partition coefficient (Wildman–Crippen LogP) is 4.23. The normalized spacial score (nSPS) is 14.8. The Hall–Kier alpha value is -2.59. The van der Waals surface area contributed by atoms with Gasteiger partial charge >= 0.3 is 0 Å². The third-order valence-electron chi connectivity index (χ3n) is 5.31. The molecular weight excluding hydrogens is 324 g/mol. The van der Waals surface area contributed by atoms with Crippen molar-refractivity contribution in [1.29, 1.82) is 0 Å². The highest BCUT2D eigenvalue weighted by Crippen LogP contribution is 2.32. The van der Waals surface area contributed by atoms with Crippen LogP contribution in [-0.2, 0) is 6.54 Å². The maximum atomic E-state index is 11.7. The molecule has 26 heavy (non-hydrogen) atoms. The molecule has 3 aromatic rings. The highest BCUT2D eigenvalue weighted by molar-refractivity contribution is 5.93. The monoisotopic (exact) mass is 348 g/mol. The minimum atomic E-state index is 0.662. The molecule has 0 atom stereocenters. The van der Waals surface area contributed by atoms with E-state index in [0.717, 1.165) is 30.6 Å². The Kier molecular flexibility index (Phi) is 4.76. The van der Waals surface area contributed by atoms with Crippen LogP contribution in [0.2, 0.25) is 0 Å². The Bertz CT molecular complexity index is 923. The highest BCUT2D eigenvalue weighted by atomic mass is 16.5. The van der Waals surface area contributed by atoms with Crippen molar-refractivity contribution in [3.8, 4) is 17.0 Å². The molecule has 2 aromatic carbocycles. The number of methoxy groups -OCH3 is 1. The lowest BCUT2D eigenvalue weighted by atomic mass is 10.0. The molecule has 1 aromatic heterocycles. The van der Waals surface area contributed by atoms with E-state index in [1.165, 1.54) is 36.8 Å². The average Bonchev–Trinajstić information content (AvgIpc) is 3.33. The Balaban J connectivity index is 1.78. The standard InChI is InChI=1S/C22H24N2O2/c1-26-19-8-9-20(18(14-19)16-25)22-15-17-6-2-3-7-21(17)24(22)13-12-23-10-4-5-11-23/h2-3,6-9,14-16H,4-5,10-13H2,1H3. The number of para-hydroxylation sites is 1. The Morgan fingerprint density at radius 2 is 1.85 bits per heavy atom. The lowest BCUT2D eigenvalue weighted by molar-refractivity contribution is 0.112. The van der Waals surface area contributed by atoms with Crippen LogP contribution in [0.3, 0.4) is 0 Å². The van der Waals surface area contributed by atoms with E-state index in [4.69, 9.17) is 4.74 Å². The van der Waals surface area contributed by atoms with Crippen LogP contribution in [0.5, 0.6) is 5.75 Å². The topological polar surface area (TPSA) is 34.5 Å². The summed E-state index contributed by atoms with van der Waals surface area (Å²) in [4.78, 5) is 14.2. The summed E-state index contributed by atoms with van der Waals surface area (Å²) in [6.45, 7) is 4.35. The first-order chi connectivity index (χ1) is 12.8. The molecule has 1 aliphatic rings. The molecular formula is C22H24N2O2. The molecule has 0 aliphatic carbocycles. The van der Waals surface area contributed by atoms with Gasteiger partial charge in [-0.15, -0.1) is 0 Å². The second kappa shape index (κ2) is 7.34. The maximum absolute atomic E-state index is 11.7. The summed E-state index contributed by atoms with van der Waals surface area (Å²) in [5.41, 5.74) is 3.93. The minimum absolute atomic E-state index is 0.662. The van der Waals surface area contributed by atoms with Crippen molar-refractivity contribution in [1.82, 2.24) is 9.47 Å². The first-order valence-corrected chi connectivity index (χ1v) is 9.24. The first-order valence-electron chi connectivity index (χ1n) is 9.24. The highest BCUT2D eigenvalue weighted by Gasteiger charge is 2.16. The molecule has 1 fully saturated rings. The van der Waals surface area contributed by atoms with Crippen LogP contribution in [-0.4, -0.2) is 42.5 Å². The van der Waals surface area contributed by atoms with E-state index in [0.29, 0.717) is 11.3 Å². The van der Waals surface area contributed by atoms with Crippen LogP contribution in [0, 0.1) is 0 Å². The number of hydrogen-bond acceptors (Lipinski definition) is 3. The molecule has 1 saturated heterocycles. The van der Waals surface area contributed by atoms with E-state index in [9.17, 15) is 4.79 Å². The molecule has 0 N–H and O–H groups in total. The predicted molar refractivity (Wildman–Crippen MR) is 105 cm³/mol. The number of fused-ring (bicyclic) bond motifs is 1. The molecule has 2 heterocycles. The van der Waals surface area contributed by atoms with Crippen molar-refractivity contribution in [2.75, 3.05) is 26.7 Å². The third kappa shape index (κ3) is 3.13. The molecule has 134 valence electrons. The van der Waals surface area contributed by atoms with Crippen LogP contribution in [0.25, 0.3) is 22.2 Å². The molecule has 4 rings (SSSR count). The summed E-state index contributed by atoms with van der Waals surface area (Å²) in [6.07, 6.45) is 3.51. The van der Waals surface area contributed by atoms with Crippen molar-refractivity contribution < 1.29 is 9.53 Å². The number of nitrogens with zero attached hydrogens (tertiary/aromatic N) is 2. The third-order valence-corrected chi connectivity index (χ3v) is 5.31. The average molecular weight is 348 g/mol. The first kappa shape index (κ1) is 16.9. The van der Waals surface area contributed by atoms with Gasteiger partial charge in [0.1, 0.15) is 5.75 Å². The van der Waals surface area contributed by atoms with Crippen molar-refractivity contribution in [3.05, 3.63) is 54.1 Å². The molecule has 4 heteroatoms. The molecule has 1 aliphatic heterocycles.